The van der Waals surface area contributed by atoms with Gasteiger partial charge < -0.3 is 10.1 Å². The molecule has 0 aliphatic carbocycles. The molecule has 0 unspecified atom stereocenters. The Labute approximate surface area is 149 Å². The maximum atomic E-state index is 12.4. The third-order valence-corrected chi connectivity index (χ3v) is 4.12. The summed E-state index contributed by atoms with van der Waals surface area (Å²) in [5.41, 5.74) is 3.75. The predicted molar refractivity (Wildman–Crippen MR) is 98.3 cm³/mol. The van der Waals surface area contributed by atoms with Crippen molar-refractivity contribution >= 4 is 17.1 Å². The van der Waals surface area contributed by atoms with E-state index in [0.717, 1.165) is 11.1 Å². The molecule has 0 saturated heterocycles. The quantitative estimate of drug-likeness (QED) is 0.616. The molecule has 0 radical (unpaired) electrons. The second-order valence-corrected chi connectivity index (χ2v) is 5.87. The molecule has 0 bridgehead atoms. The third kappa shape index (κ3) is 2.79. The van der Waals surface area contributed by atoms with Gasteiger partial charge in [0.2, 0.25) is 0 Å². The Morgan fingerprint density at radius 2 is 1.88 bits per heavy atom. The first-order valence-corrected chi connectivity index (χ1v) is 8.06. The number of nitrogens with one attached hydrogen (secondary N) is 1. The second kappa shape index (κ2) is 6.36. The van der Waals surface area contributed by atoms with E-state index >= 15 is 0 Å². The highest BCUT2D eigenvalue weighted by atomic mass is 16.5. The lowest BCUT2D eigenvalue weighted by Crippen LogP contribution is -2.11. The van der Waals surface area contributed by atoms with Crippen molar-refractivity contribution in [2.75, 3.05) is 12.4 Å². The molecular weight excluding hydrogens is 330 g/mol. The van der Waals surface area contributed by atoms with Gasteiger partial charge in [-0.2, -0.15) is 10.2 Å². The molecule has 1 amide bonds. The summed E-state index contributed by atoms with van der Waals surface area (Å²) in [4.78, 5) is 12.4. The van der Waals surface area contributed by atoms with Gasteiger partial charge in [0.05, 0.1) is 25.2 Å². The normalized spacial score (nSPS) is 10.8. The van der Waals surface area contributed by atoms with Crippen LogP contribution < -0.4 is 10.1 Å². The van der Waals surface area contributed by atoms with Crippen LogP contribution in [-0.2, 0) is 7.05 Å². The first-order chi connectivity index (χ1) is 12.7. The van der Waals surface area contributed by atoms with Crippen LogP contribution in [0.15, 0.2) is 61.2 Å². The Balaban J connectivity index is 1.74. The van der Waals surface area contributed by atoms with Crippen LogP contribution in [0.25, 0.3) is 16.6 Å². The van der Waals surface area contributed by atoms with E-state index in [0.29, 0.717) is 22.5 Å². The molecule has 0 atom stereocenters. The fourth-order valence-corrected chi connectivity index (χ4v) is 2.84. The molecule has 4 aromatic rings. The van der Waals surface area contributed by atoms with E-state index in [1.165, 1.54) is 0 Å². The average Bonchev–Trinajstić information content (AvgIpc) is 3.28. The van der Waals surface area contributed by atoms with Crippen molar-refractivity contribution in [3.63, 3.8) is 0 Å². The number of aryl methyl sites for hydroxylation is 1. The molecule has 0 fully saturated rings. The summed E-state index contributed by atoms with van der Waals surface area (Å²) in [6.07, 6.45) is 7.20. The SMILES string of the molecule is COc1cc(-c2cnn(C)c2)cn2ncc(NC(=O)c3ccccc3)c12. The van der Waals surface area contributed by atoms with Gasteiger partial charge in [0.15, 0.2) is 0 Å². The van der Waals surface area contributed by atoms with Crippen LogP contribution in [0, 0.1) is 0 Å². The van der Waals surface area contributed by atoms with Crippen LogP contribution in [0.5, 0.6) is 5.75 Å². The zero-order valence-electron chi connectivity index (χ0n) is 14.4. The zero-order chi connectivity index (χ0) is 18.1. The molecule has 1 aromatic carbocycles. The molecule has 7 heteroatoms. The maximum Gasteiger partial charge on any atom is 0.255 e. The van der Waals surface area contributed by atoms with Crippen molar-refractivity contribution in [2.45, 2.75) is 0 Å². The highest BCUT2D eigenvalue weighted by molar-refractivity contribution is 6.06. The number of methoxy groups -OCH3 is 1. The number of hydrogen-bond acceptors (Lipinski definition) is 4. The molecule has 26 heavy (non-hydrogen) atoms. The first kappa shape index (κ1) is 15.9. The van der Waals surface area contributed by atoms with Crippen molar-refractivity contribution in [3.8, 4) is 16.9 Å². The van der Waals surface area contributed by atoms with E-state index in [2.05, 4.69) is 15.5 Å². The van der Waals surface area contributed by atoms with E-state index in [1.54, 1.807) is 40.8 Å². The van der Waals surface area contributed by atoms with Crippen molar-refractivity contribution in [3.05, 3.63) is 66.7 Å². The number of aromatic nitrogens is 4. The number of benzene rings is 1. The number of rotatable bonds is 4. The molecule has 0 saturated carbocycles. The van der Waals surface area contributed by atoms with Gasteiger partial charge in [0.1, 0.15) is 11.3 Å². The molecule has 0 aliphatic rings. The average molecular weight is 347 g/mol. The fourth-order valence-electron chi connectivity index (χ4n) is 2.84. The smallest absolute Gasteiger partial charge is 0.255 e. The van der Waals surface area contributed by atoms with E-state index in [9.17, 15) is 4.79 Å². The lowest BCUT2D eigenvalue weighted by atomic mass is 10.1. The Morgan fingerprint density at radius 1 is 1.08 bits per heavy atom. The molecule has 3 aromatic heterocycles. The Bertz CT molecular complexity index is 1080. The summed E-state index contributed by atoms with van der Waals surface area (Å²) >= 11 is 0. The van der Waals surface area contributed by atoms with Crippen LogP contribution in [0.2, 0.25) is 0 Å². The van der Waals surface area contributed by atoms with Crippen molar-refractivity contribution in [1.82, 2.24) is 19.4 Å². The summed E-state index contributed by atoms with van der Waals surface area (Å²) in [5, 5.41) is 11.5. The van der Waals surface area contributed by atoms with Gasteiger partial charge in [0.25, 0.3) is 5.91 Å². The number of carbonyl (C=O) groups is 1. The Morgan fingerprint density at radius 3 is 2.58 bits per heavy atom. The number of ether oxygens (including phenoxy) is 1. The number of carbonyl (C=O) groups excluding carboxylic acids is 1. The highest BCUT2D eigenvalue weighted by Gasteiger charge is 2.15. The summed E-state index contributed by atoms with van der Waals surface area (Å²) in [6, 6.07) is 11.0. The fraction of sp³-hybridized carbons (Fsp3) is 0.105. The van der Waals surface area contributed by atoms with Gasteiger partial charge in [0, 0.05) is 36.1 Å². The van der Waals surface area contributed by atoms with Gasteiger partial charge in [-0.15, -0.1) is 0 Å². The Kier molecular flexibility index (Phi) is 3.89. The lowest BCUT2D eigenvalue weighted by molar-refractivity contribution is 0.102. The second-order valence-electron chi connectivity index (χ2n) is 5.87. The number of nitrogens with zero attached hydrogens (tertiary/aromatic N) is 4. The molecule has 7 nitrogen and oxygen atoms in total. The van der Waals surface area contributed by atoms with Crippen LogP contribution in [-0.4, -0.2) is 32.4 Å². The molecule has 4 rings (SSSR count). The van der Waals surface area contributed by atoms with E-state index in [1.807, 2.05) is 43.7 Å². The summed E-state index contributed by atoms with van der Waals surface area (Å²) in [7, 11) is 3.46. The van der Waals surface area contributed by atoms with Gasteiger partial charge in [-0.1, -0.05) is 18.2 Å². The van der Waals surface area contributed by atoms with Gasteiger partial charge >= 0.3 is 0 Å². The highest BCUT2D eigenvalue weighted by Crippen LogP contribution is 2.32. The van der Waals surface area contributed by atoms with Crippen molar-refractivity contribution in [1.29, 1.82) is 0 Å². The van der Waals surface area contributed by atoms with E-state index in [4.69, 9.17) is 4.74 Å². The minimum Gasteiger partial charge on any atom is -0.494 e. The molecule has 130 valence electrons. The van der Waals surface area contributed by atoms with Crippen molar-refractivity contribution < 1.29 is 9.53 Å². The largest absolute Gasteiger partial charge is 0.494 e. The van der Waals surface area contributed by atoms with Gasteiger partial charge in [-0.3, -0.25) is 9.48 Å². The molecule has 1 N–H and O–H groups in total. The summed E-state index contributed by atoms with van der Waals surface area (Å²) in [6.45, 7) is 0. The minimum atomic E-state index is -0.195. The predicted octanol–water partition coefficient (Wildman–Crippen LogP) is 3.00. The topological polar surface area (TPSA) is 73.5 Å². The van der Waals surface area contributed by atoms with Crippen LogP contribution in [0.4, 0.5) is 5.69 Å². The Hall–Kier alpha value is -3.61. The number of hydrogen-bond donors (Lipinski definition) is 1. The lowest BCUT2D eigenvalue weighted by Gasteiger charge is -2.09. The number of fused-ring (bicyclic) bond motifs is 1. The third-order valence-electron chi connectivity index (χ3n) is 4.12. The number of anilines is 1. The monoisotopic (exact) mass is 347 g/mol. The molecule has 0 aliphatic heterocycles. The van der Waals surface area contributed by atoms with E-state index in [-0.39, 0.29) is 5.91 Å². The van der Waals surface area contributed by atoms with Gasteiger partial charge in [-0.05, 0) is 18.2 Å². The standard InChI is InChI=1S/C19H17N5O2/c1-23-11-15(9-20-23)14-8-17(26-2)18-16(10-21-24(18)12-14)22-19(25)13-6-4-3-5-7-13/h3-12H,1-2H3,(H,22,25). The molecule has 3 heterocycles. The van der Waals surface area contributed by atoms with Crippen LogP contribution in [0.3, 0.4) is 0 Å². The number of pyridine rings is 1. The minimum absolute atomic E-state index is 0.195. The van der Waals surface area contributed by atoms with Crippen LogP contribution in [0.1, 0.15) is 10.4 Å². The van der Waals surface area contributed by atoms with Gasteiger partial charge in [-0.25, -0.2) is 4.52 Å². The van der Waals surface area contributed by atoms with E-state index < -0.39 is 0 Å². The first-order valence-electron chi connectivity index (χ1n) is 8.06. The van der Waals surface area contributed by atoms with Crippen LogP contribution >= 0.6 is 0 Å². The zero-order valence-corrected chi connectivity index (χ0v) is 14.4. The number of amides is 1. The summed E-state index contributed by atoms with van der Waals surface area (Å²) < 4.78 is 8.98. The maximum absolute atomic E-state index is 12.4. The molecular formula is C19H17N5O2. The molecule has 0 spiro atoms. The van der Waals surface area contributed by atoms with Crippen molar-refractivity contribution in [2.24, 2.45) is 7.05 Å². The summed E-state index contributed by atoms with van der Waals surface area (Å²) in [5.74, 6) is 0.422.